The normalized spacial score (nSPS) is 11.7. The van der Waals surface area contributed by atoms with Crippen LogP contribution in [0, 0.1) is 0 Å². The number of rotatable bonds is 7. The van der Waals surface area contributed by atoms with Gasteiger partial charge in [0.15, 0.2) is 5.82 Å². The minimum absolute atomic E-state index is 0.204. The summed E-state index contributed by atoms with van der Waals surface area (Å²) in [6.07, 6.45) is 0. The third-order valence-corrected chi connectivity index (χ3v) is 5.89. The fraction of sp³-hybridized carbons (Fsp3) is 0.238. The summed E-state index contributed by atoms with van der Waals surface area (Å²) in [6, 6.07) is 18.4. The molecule has 8 heteroatoms. The van der Waals surface area contributed by atoms with Crippen molar-refractivity contribution in [3.05, 3.63) is 60.7 Å². The molecule has 1 heterocycles. The molecule has 3 rings (SSSR count). The van der Waals surface area contributed by atoms with E-state index in [9.17, 15) is 8.42 Å². The van der Waals surface area contributed by atoms with Crippen LogP contribution < -0.4 is 10.6 Å². The molecule has 0 unspecified atom stereocenters. The first-order valence-electron chi connectivity index (χ1n) is 9.26. The lowest BCUT2D eigenvalue weighted by Gasteiger charge is -2.15. The Morgan fingerprint density at radius 2 is 1.59 bits per heavy atom. The number of nitrogens with one attached hydrogen (secondary N) is 2. The van der Waals surface area contributed by atoms with E-state index in [1.54, 1.807) is 30.3 Å². The van der Waals surface area contributed by atoms with Crippen molar-refractivity contribution in [3.63, 3.8) is 0 Å². The molecule has 1 aromatic heterocycles. The minimum Gasteiger partial charge on any atom is -0.368 e. The predicted octanol–water partition coefficient (Wildman–Crippen LogP) is 3.96. The van der Waals surface area contributed by atoms with Crippen LogP contribution in [0.3, 0.4) is 0 Å². The summed E-state index contributed by atoms with van der Waals surface area (Å²) in [4.78, 5) is 9.43. The largest absolute Gasteiger partial charge is 0.368 e. The molecule has 0 spiro atoms. The SMILES string of the molecule is CC(C)Nc1cc(Nc2cccc(S(=O)(=O)N(C)C)c2)nc(-c2ccccc2)n1. The van der Waals surface area contributed by atoms with Crippen molar-refractivity contribution >= 4 is 27.3 Å². The van der Waals surface area contributed by atoms with Crippen molar-refractivity contribution in [2.24, 2.45) is 0 Å². The lowest BCUT2D eigenvalue weighted by atomic mass is 10.2. The number of benzene rings is 2. The summed E-state index contributed by atoms with van der Waals surface area (Å²) in [6.45, 7) is 4.07. The zero-order valence-electron chi connectivity index (χ0n) is 16.9. The molecule has 0 amide bonds. The summed E-state index contributed by atoms with van der Waals surface area (Å²) < 4.78 is 26.0. The standard InChI is InChI=1S/C21H25N5O2S/c1-15(2)22-19-14-20(25-21(24-19)16-9-6-5-7-10-16)23-17-11-8-12-18(13-17)29(27,28)26(3)4/h5-15H,1-4H3,(H2,22,23,24,25). The molecule has 0 atom stereocenters. The molecule has 0 aliphatic heterocycles. The van der Waals surface area contributed by atoms with Crippen LogP contribution in [0.1, 0.15) is 13.8 Å². The van der Waals surface area contributed by atoms with E-state index < -0.39 is 10.0 Å². The van der Waals surface area contributed by atoms with Gasteiger partial charge in [0, 0.05) is 37.5 Å². The zero-order valence-corrected chi connectivity index (χ0v) is 17.7. The van der Waals surface area contributed by atoms with Gasteiger partial charge in [-0.15, -0.1) is 0 Å². The molecule has 0 bridgehead atoms. The number of anilines is 3. The molecule has 0 aliphatic carbocycles. The van der Waals surface area contributed by atoms with E-state index in [4.69, 9.17) is 0 Å². The number of aromatic nitrogens is 2. The lowest BCUT2D eigenvalue weighted by molar-refractivity contribution is 0.521. The Morgan fingerprint density at radius 1 is 0.897 bits per heavy atom. The highest BCUT2D eigenvalue weighted by molar-refractivity contribution is 7.89. The van der Waals surface area contributed by atoms with Gasteiger partial charge in [0.1, 0.15) is 11.6 Å². The van der Waals surface area contributed by atoms with E-state index in [2.05, 4.69) is 20.6 Å². The summed E-state index contributed by atoms with van der Waals surface area (Å²) in [5, 5.41) is 6.50. The van der Waals surface area contributed by atoms with E-state index in [1.807, 2.05) is 44.2 Å². The van der Waals surface area contributed by atoms with Crippen LogP contribution >= 0.6 is 0 Å². The topological polar surface area (TPSA) is 87.2 Å². The first kappa shape index (κ1) is 20.8. The number of hydrogen-bond donors (Lipinski definition) is 2. The molecule has 152 valence electrons. The van der Waals surface area contributed by atoms with Gasteiger partial charge >= 0.3 is 0 Å². The monoisotopic (exact) mass is 411 g/mol. The summed E-state index contributed by atoms with van der Waals surface area (Å²) in [7, 11) is -0.499. The van der Waals surface area contributed by atoms with E-state index in [0.29, 0.717) is 23.1 Å². The molecule has 2 N–H and O–H groups in total. The third-order valence-electron chi connectivity index (χ3n) is 4.08. The molecule has 0 saturated carbocycles. The molecule has 3 aromatic rings. The quantitative estimate of drug-likeness (QED) is 0.612. The Labute approximate surface area is 171 Å². The van der Waals surface area contributed by atoms with Gasteiger partial charge in [-0.05, 0) is 32.0 Å². The Kier molecular flexibility index (Phi) is 6.14. The van der Waals surface area contributed by atoms with Crippen molar-refractivity contribution in [1.29, 1.82) is 0 Å². The maximum Gasteiger partial charge on any atom is 0.242 e. The maximum absolute atomic E-state index is 12.4. The summed E-state index contributed by atoms with van der Waals surface area (Å²) in [5.41, 5.74) is 1.52. The van der Waals surface area contributed by atoms with Gasteiger partial charge in [0.2, 0.25) is 10.0 Å². The highest BCUT2D eigenvalue weighted by Gasteiger charge is 2.17. The van der Waals surface area contributed by atoms with Gasteiger partial charge in [-0.25, -0.2) is 22.7 Å². The molecule has 7 nitrogen and oxygen atoms in total. The Balaban J connectivity index is 1.99. The Morgan fingerprint density at radius 3 is 2.24 bits per heavy atom. The van der Waals surface area contributed by atoms with Gasteiger partial charge < -0.3 is 10.6 Å². The molecule has 0 radical (unpaired) electrons. The minimum atomic E-state index is -3.52. The van der Waals surface area contributed by atoms with Crippen LogP contribution in [0.5, 0.6) is 0 Å². The number of sulfonamides is 1. The molecular formula is C21H25N5O2S. The van der Waals surface area contributed by atoms with Crippen LogP contribution in [0.2, 0.25) is 0 Å². The average molecular weight is 412 g/mol. The Bertz CT molecular complexity index is 1080. The van der Waals surface area contributed by atoms with Crippen LogP contribution in [-0.2, 0) is 10.0 Å². The van der Waals surface area contributed by atoms with Gasteiger partial charge in [-0.2, -0.15) is 0 Å². The second-order valence-corrected chi connectivity index (χ2v) is 9.22. The van der Waals surface area contributed by atoms with Gasteiger partial charge in [-0.3, -0.25) is 0 Å². The lowest BCUT2D eigenvalue weighted by Crippen LogP contribution is -2.22. The molecule has 2 aromatic carbocycles. The zero-order chi connectivity index (χ0) is 21.0. The van der Waals surface area contributed by atoms with E-state index in [-0.39, 0.29) is 10.9 Å². The molecule has 29 heavy (non-hydrogen) atoms. The molecule has 0 aliphatic rings. The van der Waals surface area contributed by atoms with Crippen molar-refractivity contribution in [1.82, 2.24) is 14.3 Å². The van der Waals surface area contributed by atoms with Crippen molar-refractivity contribution < 1.29 is 8.42 Å². The summed E-state index contributed by atoms with van der Waals surface area (Å²) >= 11 is 0. The average Bonchev–Trinajstić information content (AvgIpc) is 2.68. The third kappa shape index (κ3) is 5.10. The summed E-state index contributed by atoms with van der Waals surface area (Å²) in [5.74, 6) is 1.84. The molecule has 0 fully saturated rings. The van der Waals surface area contributed by atoms with Gasteiger partial charge in [0.05, 0.1) is 4.90 Å². The van der Waals surface area contributed by atoms with Gasteiger partial charge in [0.25, 0.3) is 0 Å². The Hall–Kier alpha value is -2.97. The smallest absolute Gasteiger partial charge is 0.242 e. The van der Waals surface area contributed by atoms with Crippen LogP contribution in [-0.4, -0.2) is 42.8 Å². The van der Waals surface area contributed by atoms with E-state index >= 15 is 0 Å². The second-order valence-electron chi connectivity index (χ2n) is 7.07. The van der Waals surface area contributed by atoms with E-state index in [1.165, 1.54) is 18.4 Å². The van der Waals surface area contributed by atoms with Crippen LogP contribution in [0.25, 0.3) is 11.4 Å². The second kappa shape index (κ2) is 8.59. The number of hydrogen-bond acceptors (Lipinski definition) is 6. The molecule has 0 saturated heterocycles. The number of nitrogens with zero attached hydrogens (tertiary/aromatic N) is 3. The first-order valence-corrected chi connectivity index (χ1v) is 10.7. The predicted molar refractivity (Wildman–Crippen MR) is 117 cm³/mol. The fourth-order valence-electron chi connectivity index (χ4n) is 2.69. The highest BCUT2D eigenvalue weighted by Crippen LogP contribution is 2.25. The van der Waals surface area contributed by atoms with Crippen LogP contribution in [0.4, 0.5) is 17.3 Å². The highest BCUT2D eigenvalue weighted by atomic mass is 32.2. The molecular weight excluding hydrogens is 386 g/mol. The first-order chi connectivity index (χ1) is 13.8. The van der Waals surface area contributed by atoms with Crippen molar-refractivity contribution in [2.45, 2.75) is 24.8 Å². The van der Waals surface area contributed by atoms with Gasteiger partial charge in [-0.1, -0.05) is 36.4 Å². The van der Waals surface area contributed by atoms with Crippen LogP contribution in [0.15, 0.2) is 65.6 Å². The van der Waals surface area contributed by atoms with E-state index in [0.717, 1.165) is 5.56 Å². The maximum atomic E-state index is 12.4. The van der Waals surface area contributed by atoms with Crippen molar-refractivity contribution in [2.75, 3.05) is 24.7 Å². The van der Waals surface area contributed by atoms with Crippen molar-refractivity contribution in [3.8, 4) is 11.4 Å². The fourth-order valence-corrected chi connectivity index (χ4v) is 3.64.